The zero-order valence-corrected chi connectivity index (χ0v) is 14.2. The number of anilines is 1. The van der Waals surface area contributed by atoms with E-state index in [2.05, 4.69) is 48.9 Å². The van der Waals surface area contributed by atoms with Gasteiger partial charge in [-0.15, -0.1) is 0 Å². The molecule has 2 N–H and O–H groups in total. The predicted molar refractivity (Wildman–Crippen MR) is 87.0 cm³/mol. The lowest BCUT2D eigenvalue weighted by Crippen LogP contribution is -2.06. The molecule has 20 heavy (non-hydrogen) atoms. The second kappa shape index (κ2) is 4.89. The Bertz CT molecular complexity index is 783. The Morgan fingerprint density at radius 1 is 1.25 bits per heavy atom. The molecular formula is C13H13Br2N5. The van der Waals surface area contributed by atoms with Crippen LogP contribution in [-0.4, -0.2) is 19.3 Å². The quantitative estimate of drug-likeness (QED) is 0.719. The zero-order valence-electron chi connectivity index (χ0n) is 11.1. The van der Waals surface area contributed by atoms with Crippen LogP contribution >= 0.6 is 31.9 Å². The molecular weight excluding hydrogens is 386 g/mol. The average Bonchev–Trinajstić information content (AvgIpc) is 2.88. The van der Waals surface area contributed by atoms with Crippen LogP contribution in [0.15, 0.2) is 27.1 Å². The van der Waals surface area contributed by atoms with E-state index in [0.717, 1.165) is 37.9 Å². The molecule has 2 aromatic heterocycles. The molecule has 0 saturated heterocycles. The van der Waals surface area contributed by atoms with Crippen molar-refractivity contribution >= 4 is 49.0 Å². The number of rotatable bonds is 2. The van der Waals surface area contributed by atoms with Crippen LogP contribution in [0, 0.1) is 0 Å². The maximum absolute atomic E-state index is 6.13. The molecule has 3 aromatic rings. The maximum Gasteiger partial charge on any atom is 0.207 e. The summed E-state index contributed by atoms with van der Waals surface area (Å²) in [7, 11) is 1.91. The number of nitrogen functional groups attached to an aromatic ring is 1. The number of nitrogens with zero attached hydrogens (tertiary/aromatic N) is 4. The second-order valence-electron chi connectivity index (χ2n) is 4.47. The molecule has 5 nitrogen and oxygen atoms in total. The Balaban J connectivity index is 2.42. The van der Waals surface area contributed by atoms with Crippen molar-refractivity contribution in [3.63, 3.8) is 0 Å². The predicted octanol–water partition coefficient (Wildman–Crippen LogP) is 3.43. The lowest BCUT2D eigenvalue weighted by Gasteiger charge is -2.11. The fourth-order valence-corrected chi connectivity index (χ4v) is 3.71. The van der Waals surface area contributed by atoms with Crippen molar-refractivity contribution in [2.45, 2.75) is 13.3 Å². The highest BCUT2D eigenvalue weighted by atomic mass is 79.9. The smallest absolute Gasteiger partial charge is 0.207 e. The van der Waals surface area contributed by atoms with Crippen LogP contribution in [0.25, 0.3) is 16.9 Å². The largest absolute Gasteiger partial charge is 0.369 e. The second-order valence-corrected chi connectivity index (χ2v) is 6.18. The number of halogens is 2. The van der Waals surface area contributed by atoms with Crippen molar-refractivity contribution in [2.24, 2.45) is 7.05 Å². The number of aromatic nitrogens is 4. The van der Waals surface area contributed by atoms with Crippen molar-refractivity contribution in [1.29, 1.82) is 0 Å². The number of hydrogen-bond donors (Lipinski definition) is 1. The van der Waals surface area contributed by atoms with Gasteiger partial charge in [-0.3, -0.25) is 4.57 Å². The van der Waals surface area contributed by atoms with Crippen LogP contribution in [0.5, 0.6) is 0 Å². The fraction of sp³-hybridized carbons (Fsp3) is 0.231. The Kier molecular flexibility index (Phi) is 3.33. The first kappa shape index (κ1) is 13.6. The SMILES string of the molecule is CCc1nn(C)c2c1nc(N)n2-c1c(Br)cccc1Br. The van der Waals surface area contributed by atoms with Gasteiger partial charge in [0.25, 0.3) is 0 Å². The van der Waals surface area contributed by atoms with Gasteiger partial charge in [0.2, 0.25) is 5.95 Å². The lowest BCUT2D eigenvalue weighted by atomic mass is 10.3. The topological polar surface area (TPSA) is 61.7 Å². The van der Waals surface area contributed by atoms with Gasteiger partial charge >= 0.3 is 0 Å². The summed E-state index contributed by atoms with van der Waals surface area (Å²) in [5, 5.41) is 4.50. The molecule has 0 aliphatic heterocycles. The number of imidazole rings is 1. The lowest BCUT2D eigenvalue weighted by molar-refractivity contribution is 0.750. The number of para-hydroxylation sites is 1. The molecule has 2 heterocycles. The highest BCUT2D eigenvalue weighted by Crippen LogP contribution is 2.34. The highest BCUT2D eigenvalue weighted by molar-refractivity contribution is 9.11. The third-order valence-electron chi connectivity index (χ3n) is 3.23. The molecule has 3 rings (SSSR count). The molecule has 0 aliphatic rings. The van der Waals surface area contributed by atoms with E-state index in [9.17, 15) is 0 Å². The van der Waals surface area contributed by atoms with E-state index in [-0.39, 0.29) is 0 Å². The van der Waals surface area contributed by atoms with E-state index in [4.69, 9.17) is 5.73 Å². The van der Waals surface area contributed by atoms with Gasteiger partial charge in [-0.2, -0.15) is 5.10 Å². The number of benzene rings is 1. The van der Waals surface area contributed by atoms with E-state index in [1.54, 1.807) is 0 Å². The number of hydrogen-bond acceptors (Lipinski definition) is 3. The molecule has 104 valence electrons. The van der Waals surface area contributed by atoms with Crippen molar-refractivity contribution < 1.29 is 0 Å². The summed E-state index contributed by atoms with van der Waals surface area (Å²) in [6.07, 6.45) is 0.824. The fourth-order valence-electron chi connectivity index (χ4n) is 2.36. The third kappa shape index (κ3) is 1.88. The van der Waals surface area contributed by atoms with E-state index in [1.807, 2.05) is 34.5 Å². The van der Waals surface area contributed by atoms with Gasteiger partial charge in [-0.05, 0) is 50.4 Å². The summed E-state index contributed by atoms with van der Waals surface area (Å²) in [4.78, 5) is 4.48. The molecule has 7 heteroatoms. The summed E-state index contributed by atoms with van der Waals surface area (Å²) >= 11 is 7.15. The summed E-state index contributed by atoms with van der Waals surface area (Å²) in [6, 6.07) is 5.91. The molecule has 0 saturated carbocycles. The van der Waals surface area contributed by atoms with Crippen molar-refractivity contribution in [2.75, 3.05) is 5.73 Å². The standard InChI is InChI=1S/C13H13Br2N5/c1-3-9-10-12(19(2)18-9)20(13(16)17-10)11-7(14)5-4-6-8(11)15/h4-6H,3H2,1-2H3,(H2,16,17). The van der Waals surface area contributed by atoms with Crippen molar-refractivity contribution in [1.82, 2.24) is 19.3 Å². The normalized spacial score (nSPS) is 11.4. The molecule has 0 bridgehead atoms. The molecule has 1 aromatic carbocycles. The highest BCUT2D eigenvalue weighted by Gasteiger charge is 2.20. The minimum Gasteiger partial charge on any atom is -0.369 e. The van der Waals surface area contributed by atoms with Gasteiger partial charge in [-0.25, -0.2) is 9.67 Å². The summed E-state index contributed by atoms with van der Waals surface area (Å²) < 4.78 is 5.62. The van der Waals surface area contributed by atoms with Crippen LogP contribution in [0.1, 0.15) is 12.6 Å². The Morgan fingerprint density at radius 2 is 1.90 bits per heavy atom. The maximum atomic E-state index is 6.13. The molecule has 0 atom stereocenters. The van der Waals surface area contributed by atoms with E-state index in [1.165, 1.54) is 0 Å². The molecule has 0 aliphatic carbocycles. The molecule has 0 radical (unpaired) electrons. The first-order chi connectivity index (χ1) is 9.54. The number of fused-ring (bicyclic) bond motifs is 1. The molecule has 0 fully saturated rings. The van der Waals surface area contributed by atoms with Crippen LogP contribution in [0.2, 0.25) is 0 Å². The van der Waals surface area contributed by atoms with Gasteiger partial charge in [0.1, 0.15) is 5.52 Å². The van der Waals surface area contributed by atoms with Gasteiger partial charge in [-0.1, -0.05) is 13.0 Å². The Morgan fingerprint density at radius 3 is 2.50 bits per heavy atom. The van der Waals surface area contributed by atoms with Crippen LogP contribution < -0.4 is 5.73 Å². The average molecular weight is 399 g/mol. The van der Waals surface area contributed by atoms with Gasteiger partial charge in [0, 0.05) is 16.0 Å². The van der Waals surface area contributed by atoms with Crippen molar-refractivity contribution in [3.8, 4) is 5.69 Å². The number of aryl methyl sites for hydroxylation is 2. The van der Waals surface area contributed by atoms with E-state index >= 15 is 0 Å². The van der Waals surface area contributed by atoms with Gasteiger partial charge < -0.3 is 5.73 Å². The summed E-state index contributed by atoms with van der Waals surface area (Å²) in [5.74, 6) is 0.454. The summed E-state index contributed by atoms with van der Waals surface area (Å²) in [5.41, 5.74) is 9.76. The molecule has 0 amide bonds. The number of nitrogens with two attached hydrogens (primary N) is 1. The minimum atomic E-state index is 0.454. The first-order valence-corrected chi connectivity index (χ1v) is 7.77. The Hall–Kier alpha value is -1.34. The van der Waals surface area contributed by atoms with Gasteiger partial charge in [0.05, 0.1) is 11.4 Å². The third-order valence-corrected chi connectivity index (χ3v) is 4.51. The van der Waals surface area contributed by atoms with E-state index < -0.39 is 0 Å². The first-order valence-electron chi connectivity index (χ1n) is 6.18. The zero-order chi connectivity index (χ0) is 14.4. The van der Waals surface area contributed by atoms with Crippen LogP contribution in [-0.2, 0) is 13.5 Å². The van der Waals surface area contributed by atoms with Crippen molar-refractivity contribution in [3.05, 3.63) is 32.8 Å². The van der Waals surface area contributed by atoms with Crippen LogP contribution in [0.3, 0.4) is 0 Å². The van der Waals surface area contributed by atoms with Crippen LogP contribution in [0.4, 0.5) is 5.95 Å². The Labute approximate surface area is 133 Å². The van der Waals surface area contributed by atoms with E-state index in [0.29, 0.717) is 5.95 Å². The minimum absolute atomic E-state index is 0.454. The summed E-state index contributed by atoms with van der Waals surface area (Å²) in [6.45, 7) is 2.06. The van der Waals surface area contributed by atoms with Gasteiger partial charge in [0.15, 0.2) is 5.65 Å². The monoisotopic (exact) mass is 397 g/mol. The molecule has 0 spiro atoms. The molecule has 0 unspecified atom stereocenters.